The Labute approximate surface area is 114 Å². The second kappa shape index (κ2) is 6.73. The van der Waals surface area contributed by atoms with Gasteiger partial charge in [0.05, 0.1) is 0 Å². The molecule has 0 aliphatic heterocycles. The van der Waals surface area contributed by atoms with E-state index in [1.54, 1.807) is 24.3 Å². The minimum absolute atomic E-state index is 0.0176. The monoisotopic (exact) mass is 269 g/mol. The lowest BCUT2D eigenvalue weighted by molar-refractivity contribution is -0.120. The number of nitrogens with zero attached hydrogens (tertiary/aromatic N) is 2. The number of likely N-dealkylation sites (N-methyl/N-ethyl adjacent to an activating group) is 2. The summed E-state index contributed by atoms with van der Waals surface area (Å²) in [5.41, 5.74) is 0.759. The van der Waals surface area contributed by atoms with E-state index in [1.165, 1.54) is 0 Å². The van der Waals surface area contributed by atoms with E-state index in [4.69, 9.17) is 11.6 Å². The van der Waals surface area contributed by atoms with Crippen molar-refractivity contribution in [2.24, 2.45) is 0 Å². The summed E-state index contributed by atoms with van der Waals surface area (Å²) in [5.74, 6) is -0.0176. The van der Waals surface area contributed by atoms with Crippen molar-refractivity contribution >= 4 is 23.2 Å². The van der Waals surface area contributed by atoms with Crippen LogP contribution in [0.3, 0.4) is 0 Å². The Hall–Kier alpha value is -1.10. The Kier molecular flexibility index (Phi) is 5.59. The number of hydrogen-bond donors (Lipinski definition) is 1. The highest BCUT2D eigenvalue weighted by Crippen LogP contribution is 2.14. The predicted octanol–water partition coefficient (Wildman–Crippen LogP) is 1.77. The van der Waals surface area contributed by atoms with Crippen molar-refractivity contribution in [1.82, 2.24) is 9.80 Å². The molecule has 0 fully saturated rings. The second-order valence-electron chi connectivity index (χ2n) is 4.74. The smallest absolute Gasteiger partial charge is 0.243 e. The summed E-state index contributed by atoms with van der Waals surface area (Å²) in [7, 11) is 7.70. The number of amides is 1. The third-order valence-corrected chi connectivity index (χ3v) is 2.83. The van der Waals surface area contributed by atoms with Gasteiger partial charge in [0, 0.05) is 17.3 Å². The van der Waals surface area contributed by atoms with Crippen LogP contribution >= 0.6 is 11.6 Å². The molecule has 0 aliphatic carbocycles. The minimum atomic E-state index is -0.185. The lowest BCUT2D eigenvalue weighted by Crippen LogP contribution is -2.46. The first-order valence-electron chi connectivity index (χ1n) is 5.77. The van der Waals surface area contributed by atoms with Crippen LogP contribution in [0.4, 0.5) is 5.69 Å². The Balaban J connectivity index is 2.69. The number of carbonyl (C=O) groups is 1. The fraction of sp³-hybridized carbons (Fsp3) is 0.462. The molecular weight excluding hydrogens is 250 g/mol. The van der Waals surface area contributed by atoms with E-state index in [1.807, 2.05) is 38.0 Å². The zero-order valence-electron chi connectivity index (χ0n) is 11.3. The molecule has 4 nitrogen and oxygen atoms in total. The van der Waals surface area contributed by atoms with E-state index in [0.717, 1.165) is 5.69 Å². The molecule has 0 unspecified atom stereocenters. The molecule has 1 amide bonds. The number of hydrogen-bond acceptors (Lipinski definition) is 3. The fourth-order valence-corrected chi connectivity index (χ4v) is 1.71. The SMILES string of the molecule is CN(C)C[C@@H](C(=O)Nc1ccc(Cl)cc1)N(C)C. The van der Waals surface area contributed by atoms with Crippen LogP contribution in [-0.4, -0.2) is 56.5 Å². The van der Waals surface area contributed by atoms with Gasteiger partial charge in [-0.3, -0.25) is 9.69 Å². The molecule has 0 aromatic heterocycles. The molecule has 0 bridgehead atoms. The molecule has 0 aliphatic rings. The van der Waals surface area contributed by atoms with Gasteiger partial charge < -0.3 is 10.2 Å². The van der Waals surface area contributed by atoms with Gasteiger partial charge in [-0.1, -0.05) is 11.6 Å². The summed E-state index contributed by atoms with van der Waals surface area (Å²) in [4.78, 5) is 16.1. The van der Waals surface area contributed by atoms with E-state index in [2.05, 4.69) is 5.32 Å². The molecule has 1 aromatic rings. The summed E-state index contributed by atoms with van der Waals surface area (Å²) in [6.07, 6.45) is 0. The van der Waals surface area contributed by atoms with Gasteiger partial charge >= 0.3 is 0 Å². The van der Waals surface area contributed by atoms with E-state index in [9.17, 15) is 4.79 Å². The topological polar surface area (TPSA) is 35.6 Å². The normalized spacial score (nSPS) is 12.8. The standard InChI is InChI=1S/C13H20ClN3O/c1-16(2)9-12(17(3)4)13(18)15-11-7-5-10(14)6-8-11/h5-8,12H,9H2,1-4H3,(H,15,18)/t12-/m0/s1. The first-order chi connectivity index (χ1) is 8.40. The van der Waals surface area contributed by atoms with Crippen LogP contribution in [0.15, 0.2) is 24.3 Å². The van der Waals surface area contributed by atoms with Crippen molar-refractivity contribution in [3.05, 3.63) is 29.3 Å². The van der Waals surface area contributed by atoms with Gasteiger partial charge in [0.1, 0.15) is 6.04 Å². The van der Waals surface area contributed by atoms with Crippen LogP contribution in [0.5, 0.6) is 0 Å². The molecule has 0 radical (unpaired) electrons. The molecule has 0 heterocycles. The molecule has 18 heavy (non-hydrogen) atoms. The zero-order chi connectivity index (χ0) is 13.7. The Morgan fingerprint density at radius 2 is 1.78 bits per heavy atom. The van der Waals surface area contributed by atoms with Crippen LogP contribution in [-0.2, 0) is 4.79 Å². The van der Waals surface area contributed by atoms with Crippen molar-refractivity contribution in [2.75, 3.05) is 40.1 Å². The van der Waals surface area contributed by atoms with Crippen LogP contribution in [0.25, 0.3) is 0 Å². The predicted molar refractivity (Wildman–Crippen MR) is 76.1 cm³/mol. The van der Waals surface area contributed by atoms with Gasteiger partial charge in [-0.05, 0) is 52.5 Å². The van der Waals surface area contributed by atoms with E-state index in [0.29, 0.717) is 11.6 Å². The molecule has 1 aromatic carbocycles. The van der Waals surface area contributed by atoms with Crippen LogP contribution < -0.4 is 5.32 Å². The summed E-state index contributed by atoms with van der Waals surface area (Å²) in [6, 6.07) is 6.92. The molecule has 1 atom stereocenters. The summed E-state index contributed by atoms with van der Waals surface area (Å²) < 4.78 is 0. The van der Waals surface area contributed by atoms with Gasteiger partial charge in [-0.25, -0.2) is 0 Å². The number of anilines is 1. The third-order valence-electron chi connectivity index (χ3n) is 2.58. The highest BCUT2D eigenvalue weighted by Gasteiger charge is 2.21. The quantitative estimate of drug-likeness (QED) is 0.885. The molecule has 100 valence electrons. The van der Waals surface area contributed by atoms with Crippen molar-refractivity contribution in [2.45, 2.75) is 6.04 Å². The Bertz CT molecular complexity index is 390. The highest BCUT2D eigenvalue weighted by molar-refractivity contribution is 6.30. The number of halogens is 1. The van der Waals surface area contributed by atoms with E-state index >= 15 is 0 Å². The van der Waals surface area contributed by atoms with Gasteiger partial charge in [0.15, 0.2) is 0 Å². The van der Waals surface area contributed by atoms with Gasteiger partial charge in [0.2, 0.25) is 5.91 Å². The average molecular weight is 270 g/mol. The maximum atomic E-state index is 12.2. The van der Waals surface area contributed by atoms with Crippen LogP contribution in [0.1, 0.15) is 0 Å². The van der Waals surface area contributed by atoms with Crippen molar-refractivity contribution in [3.8, 4) is 0 Å². The summed E-state index contributed by atoms with van der Waals surface area (Å²) in [5, 5.41) is 3.55. The third kappa shape index (κ3) is 4.64. The maximum Gasteiger partial charge on any atom is 0.243 e. The minimum Gasteiger partial charge on any atom is -0.325 e. The fourth-order valence-electron chi connectivity index (χ4n) is 1.59. The first-order valence-corrected chi connectivity index (χ1v) is 6.15. The Morgan fingerprint density at radius 3 is 2.22 bits per heavy atom. The molecule has 0 saturated carbocycles. The van der Waals surface area contributed by atoms with Crippen molar-refractivity contribution in [3.63, 3.8) is 0 Å². The number of nitrogens with one attached hydrogen (secondary N) is 1. The first kappa shape index (κ1) is 15.0. The van der Waals surface area contributed by atoms with Gasteiger partial charge in [0.25, 0.3) is 0 Å². The highest BCUT2D eigenvalue weighted by atomic mass is 35.5. The molecule has 5 heteroatoms. The molecule has 0 spiro atoms. The summed E-state index contributed by atoms with van der Waals surface area (Å²) in [6.45, 7) is 0.673. The van der Waals surface area contributed by atoms with Crippen molar-refractivity contribution < 1.29 is 4.79 Å². The molecule has 1 N–H and O–H groups in total. The second-order valence-corrected chi connectivity index (χ2v) is 5.17. The van der Waals surface area contributed by atoms with Gasteiger partial charge in [-0.15, -0.1) is 0 Å². The largest absolute Gasteiger partial charge is 0.325 e. The number of rotatable bonds is 5. The number of benzene rings is 1. The lowest BCUT2D eigenvalue weighted by Gasteiger charge is -2.26. The zero-order valence-corrected chi connectivity index (χ0v) is 12.0. The summed E-state index contributed by atoms with van der Waals surface area (Å²) >= 11 is 5.80. The van der Waals surface area contributed by atoms with Crippen molar-refractivity contribution in [1.29, 1.82) is 0 Å². The van der Waals surface area contributed by atoms with Crippen LogP contribution in [0, 0.1) is 0 Å². The average Bonchev–Trinajstić information content (AvgIpc) is 2.28. The molecular formula is C13H20ClN3O. The molecule has 1 rings (SSSR count). The Morgan fingerprint density at radius 1 is 1.22 bits per heavy atom. The van der Waals surface area contributed by atoms with Crippen LogP contribution in [0.2, 0.25) is 5.02 Å². The molecule has 0 saturated heterocycles. The lowest BCUT2D eigenvalue weighted by atomic mass is 10.2. The van der Waals surface area contributed by atoms with E-state index < -0.39 is 0 Å². The maximum absolute atomic E-state index is 12.2. The van der Waals surface area contributed by atoms with E-state index in [-0.39, 0.29) is 11.9 Å². The number of carbonyl (C=O) groups excluding carboxylic acids is 1. The van der Waals surface area contributed by atoms with Gasteiger partial charge in [-0.2, -0.15) is 0 Å².